The van der Waals surface area contributed by atoms with Crippen molar-refractivity contribution in [2.45, 2.75) is 6.54 Å². The fourth-order valence-electron chi connectivity index (χ4n) is 1.63. The second kappa shape index (κ2) is 4.91. The molecule has 1 aromatic heterocycles. The predicted molar refractivity (Wildman–Crippen MR) is 71.6 cm³/mol. The molecule has 0 saturated carbocycles. The predicted octanol–water partition coefficient (Wildman–Crippen LogP) is 2.02. The molecule has 0 saturated heterocycles. The van der Waals surface area contributed by atoms with E-state index in [4.69, 9.17) is 11.5 Å². The van der Waals surface area contributed by atoms with Gasteiger partial charge in [-0.25, -0.2) is 9.37 Å². The topological polar surface area (TPSA) is 68.2 Å². The van der Waals surface area contributed by atoms with Gasteiger partial charge in [-0.3, -0.25) is 0 Å². The molecule has 1 aromatic carbocycles. The van der Waals surface area contributed by atoms with E-state index in [1.807, 2.05) is 11.9 Å². The number of anilines is 3. The molecular weight excluding hydrogens is 231 g/mol. The average Bonchev–Trinajstić information content (AvgIpc) is 2.35. The normalized spacial score (nSPS) is 10.3. The molecule has 0 unspecified atom stereocenters. The molecule has 0 spiro atoms. The first kappa shape index (κ1) is 12.2. The molecule has 0 atom stereocenters. The molecule has 2 aromatic rings. The fourth-order valence-corrected chi connectivity index (χ4v) is 1.63. The van der Waals surface area contributed by atoms with E-state index in [9.17, 15) is 4.39 Å². The van der Waals surface area contributed by atoms with Crippen molar-refractivity contribution in [3.05, 3.63) is 47.8 Å². The lowest BCUT2D eigenvalue weighted by Gasteiger charge is -2.18. The number of rotatable bonds is 3. The highest BCUT2D eigenvalue weighted by Crippen LogP contribution is 2.18. The van der Waals surface area contributed by atoms with Crippen LogP contribution in [-0.4, -0.2) is 12.0 Å². The summed E-state index contributed by atoms with van der Waals surface area (Å²) in [6, 6.07) is 9.88. The van der Waals surface area contributed by atoms with E-state index in [0.717, 1.165) is 11.4 Å². The molecule has 0 aliphatic rings. The molecule has 18 heavy (non-hydrogen) atoms. The van der Waals surface area contributed by atoms with Crippen molar-refractivity contribution in [3.63, 3.8) is 0 Å². The van der Waals surface area contributed by atoms with E-state index in [0.29, 0.717) is 18.1 Å². The second-order valence-corrected chi connectivity index (χ2v) is 4.13. The number of hydrogen-bond donors (Lipinski definition) is 2. The monoisotopic (exact) mass is 246 g/mol. The lowest BCUT2D eigenvalue weighted by atomic mass is 10.2. The third kappa shape index (κ3) is 2.68. The molecule has 0 fully saturated rings. The van der Waals surface area contributed by atoms with Crippen LogP contribution in [-0.2, 0) is 6.54 Å². The van der Waals surface area contributed by atoms with Crippen molar-refractivity contribution < 1.29 is 4.39 Å². The van der Waals surface area contributed by atoms with Crippen LogP contribution < -0.4 is 16.4 Å². The first-order valence-corrected chi connectivity index (χ1v) is 5.54. The van der Waals surface area contributed by atoms with E-state index in [1.54, 1.807) is 24.3 Å². The van der Waals surface area contributed by atoms with Crippen LogP contribution in [0.5, 0.6) is 0 Å². The molecule has 2 rings (SSSR count). The summed E-state index contributed by atoms with van der Waals surface area (Å²) in [5, 5.41) is 0. The summed E-state index contributed by atoms with van der Waals surface area (Å²) in [6.45, 7) is 0.622. The Morgan fingerprint density at radius 2 is 1.78 bits per heavy atom. The quantitative estimate of drug-likeness (QED) is 0.869. The smallest absolute Gasteiger partial charge is 0.149 e. The molecule has 1 heterocycles. The molecule has 94 valence electrons. The van der Waals surface area contributed by atoms with Crippen molar-refractivity contribution in [2.24, 2.45) is 0 Å². The van der Waals surface area contributed by atoms with Crippen molar-refractivity contribution in [1.82, 2.24) is 4.98 Å². The molecular formula is C13H15FN4. The number of nitrogens with two attached hydrogens (primary N) is 2. The zero-order valence-corrected chi connectivity index (χ0v) is 10.1. The third-order valence-electron chi connectivity index (χ3n) is 2.67. The van der Waals surface area contributed by atoms with Crippen LogP contribution in [0.3, 0.4) is 0 Å². The Labute approximate surface area is 105 Å². The Morgan fingerprint density at radius 1 is 1.11 bits per heavy atom. The molecule has 0 amide bonds. The minimum absolute atomic E-state index is 0.240. The molecule has 4 N–H and O–H groups in total. The maximum Gasteiger partial charge on any atom is 0.149 e. The molecule has 4 nitrogen and oxygen atoms in total. The van der Waals surface area contributed by atoms with Gasteiger partial charge in [0.1, 0.15) is 17.5 Å². The van der Waals surface area contributed by atoms with E-state index in [1.165, 1.54) is 12.1 Å². The Bertz CT molecular complexity index is 539. The van der Waals surface area contributed by atoms with Crippen LogP contribution in [0.2, 0.25) is 0 Å². The van der Waals surface area contributed by atoms with Gasteiger partial charge in [0, 0.05) is 13.6 Å². The highest BCUT2D eigenvalue weighted by molar-refractivity contribution is 5.62. The first-order chi connectivity index (χ1) is 8.56. The van der Waals surface area contributed by atoms with Gasteiger partial charge in [-0.15, -0.1) is 0 Å². The van der Waals surface area contributed by atoms with Crippen molar-refractivity contribution in [1.29, 1.82) is 0 Å². The van der Waals surface area contributed by atoms with E-state index >= 15 is 0 Å². The third-order valence-corrected chi connectivity index (χ3v) is 2.67. The number of pyridine rings is 1. The van der Waals surface area contributed by atoms with Gasteiger partial charge in [0.05, 0.1) is 5.69 Å². The average molecular weight is 246 g/mol. The van der Waals surface area contributed by atoms with Crippen LogP contribution >= 0.6 is 0 Å². The lowest BCUT2D eigenvalue weighted by molar-refractivity contribution is 0.627. The van der Waals surface area contributed by atoms with Gasteiger partial charge in [-0.1, -0.05) is 12.1 Å². The van der Waals surface area contributed by atoms with E-state index in [2.05, 4.69) is 4.98 Å². The molecule has 0 bridgehead atoms. The van der Waals surface area contributed by atoms with Gasteiger partial charge < -0.3 is 16.4 Å². The SMILES string of the molecule is CN(Cc1ccc(F)cc1)c1ccc(N)c(N)n1. The van der Waals surface area contributed by atoms with Crippen molar-refractivity contribution in [3.8, 4) is 0 Å². The fraction of sp³-hybridized carbons (Fsp3) is 0.154. The van der Waals surface area contributed by atoms with E-state index < -0.39 is 0 Å². The zero-order valence-electron chi connectivity index (χ0n) is 10.1. The summed E-state index contributed by atoms with van der Waals surface area (Å²) in [5.74, 6) is 0.806. The Morgan fingerprint density at radius 3 is 2.39 bits per heavy atom. The van der Waals surface area contributed by atoms with Gasteiger partial charge in [0.2, 0.25) is 0 Å². The highest BCUT2D eigenvalue weighted by atomic mass is 19.1. The number of halogens is 1. The van der Waals surface area contributed by atoms with Gasteiger partial charge in [-0.2, -0.15) is 0 Å². The number of benzene rings is 1. The van der Waals surface area contributed by atoms with Crippen LogP contribution in [0.1, 0.15) is 5.56 Å². The van der Waals surface area contributed by atoms with Gasteiger partial charge in [-0.05, 0) is 29.8 Å². The lowest BCUT2D eigenvalue weighted by Crippen LogP contribution is -2.18. The van der Waals surface area contributed by atoms with Gasteiger partial charge in [0.25, 0.3) is 0 Å². The summed E-state index contributed by atoms with van der Waals surface area (Å²) >= 11 is 0. The largest absolute Gasteiger partial charge is 0.396 e. The van der Waals surface area contributed by atoms with Crippen LogP contribution in [0.4, 0.5) is 21.7 Å². The maximum absolute atomic E-state index is 12.8. The number of nitrogen functional groups attached to an aromatic ring is 2. The summed E-state index contributed by atoms with van der Waals surface area (Å²) < 4.78 is 12.8. The minimum Gasteiger partial charge on any atom is -0.396 e. The van der Waals surface area contributed by atoms with E-state index in [-0.39, 0.29) is 5.82 Å². The van der Waals surface area contributed by atoms with Gasteiger partial charge in [0.15, 0.2) is 0 Å². The van der Waals surface area contributed by atoms with Crippen LogP contribution in [0.15, 0.2) is 36.4 Å². The second-order valence-electron chi connectivity index (χ2n) is 4.13. The summed E-state index contributed by atoms with van der Waals surface area (Å²) in [6.07, 6.45) is 0. The number of nitrogens with zero attached hydrogens (tertiary/aromatic N) is 2. The summed E-state index contributed by atoms with van der Waals surface area (Å²) in [7, 11) is 1.89. The number of aromatic nitrogens is 1. The van der Waals surface area contributed by atoms with Crippen LogP contribution in [0.25, 0.3) is 0 Å². The van der Waals surface area contributed by atoms with Crippen molar-refractivity contribution in [2.75, 3.05) is 23.4 Å². The standard InChI is InChI=1S/C13H15FN4/c1-18(8-9-2-4-10(14)5-3-9)12-7-6-11(15)13(16)17-12/h2-7H,8,15H2,1H3,(H2,16,17). The molecule has 0 aliphatic heterocycles. The molecule has 0 aliphatic carbocycles. The first-order valence-electron chi connectivity index (χ1n) is 5.54. The maximum atomic E-state index is 12.8. The summed E-state index contributed by atoms with van der Waals surface area (Å²) in [5.41, 5.74) is 12.7. The summed E-state index contributed by atoms with van der Waals surface area (Å²) in [4.78, 5) is 6.11. The molecule has 5 heteroatoms. The van der Waals surface area contributed by atoms with Crippen LogP contribution in [0, 0.1) is 5.82 Å². The Hall–Kier alpha value is -2.30. The Kier molecular flexibility index (Phi) is 3.32. The number of hydrogen-bond acceptors (Lipinski definition) is 4. The van der Waals surface area contributed by atoms with Crippen molar-refractivity contribution >= 4 is 17.3 Å². The Balaban J connectivity index is 2.13. The zero-order chi connectivity index (χ0) is 13.1. The van der Waals surface area contributed by atoms with Gasteiger partial charge >= 0.3 is 0 Å². The minimum atomic E-state index is -0.240. The highest BCUT2D eigenvalue weighted by Gasteiger charge is 2.05. The molecule has 0 radical (unpaired) electrons.